The fraction of sp³-hybridized carbons (Fsp3) is 0.714. The summed E-state index contributed by atoms with van der Waals surface area (Å²) in [5, 5.41) is 9.47. The van der Waals surface area contributed by atoms with Crippen molar-refractivity contribution in [2.45, 2.75) is 32.1 Å². The Kier molecular flexibility index (Phi) is 4.17. The van der Waals surface area contributed by atoms with E-state index in [2.05, 4.69) is 20.5 Å². The maximum Gasteiger partial charge on any atom is 0.225 e. The topological polar surface area (TPSA) is 91.0 Å². The van der Waals surface area contributed by atoms with Crippen molar-refractivity contribution in [2.24, 2.45) is 11.8 Å². The molecule has 2 amide bonds. The van der Waals surface area contributed by atoms with E-state index in [0.717, 1.165) is 38.1 Å². The Morgan fingerprint density at radius 1 is 1.33 bits per heavy atom. The third-order valence-electron chi connectivity index (χ3n) is 4.16. The number of aromatic amines is 1. The summed E-state index contributed by atoms with van der Waals surface area (Å²) in [5.41, 5.74) is 0. The van der Waals surface area contributed by atoms with Crippen LogP contribution < -0.4 is 5.32 Å². The van der Waals surface area contributed by atoms with Gasteiger partial charge in [0.15, 0.2) is 0 Å². The largest absolute Gasteiger partial charge is 0.355 e. The van der Waals surface area contributed by atoms with Gasteiger partial charge in [-0.05, 0) is 25.7 Å². The van der Waals surface area contributed by atoms with Crippen molar-refractivity contribution in [3.8, 4) is 0 Å². The van der Waals surface area contributed by atoms with Crippen LogP contribution in [0.25, 0.3) is 0 Å². The lowest BCUT2D eigenvalue weighted by molar-refractivity contribution is -0.136. The van der Waals surface area contributed by atoms with E-state index in [9.17, 15) is 9.59 Å². The molecule has 21 heavy (non-hydrogen) atoms. The van der Waals surface area contributed by atoms with Gasteiger partial charge in [0.1, 0.15) is 12.2 Å². The van der Waals surface area contributed by atoms with Gasteiger partial charge in [-0.3, -0.25) is 14.7 Å². The number of hydrogen-bond acceptors (Lipinski definition) is 4. The van der Waals surface area contributed by atoms with Gasteiger partial charge in [0.05, 0.1) is 5.92 Å². The number of carbonyl (C=O) groups is 2. The number of likely N-dealkylation sites (tertiary alicyclic amines) is 1. The van der Waals surface area contributed by atoms with E-state index in [1.54, 1.807) is 0 Å². The summed E-state index contributed by atoms with van der Waals surface area (Å²) in [5.74, 6) is 1.22. The van der Waals surface area contributed by atoms with E-state index in [-0.39, 0.29) is 23.7 Å². The lowest BCUT2D eigenvalue weighted by atomic mass is 9.96. The number of nitrogens with one attached hydrogen (secondary N) is 2. The zero-order valence-corrected chi connectivity index (χ0v) is 12.0. The second kappa shape index (κ2) is 6.24. The maximum absolute atomic E-state index is 12.2. The molecule has 0 radical (unpaired) electrons. The lowest BCUT2D eigenvalue weighted by Crippen LogP contribution is -2.46. The molecule has 7 nitrogen and oxygen atoms in total. The van der Waals surface area contributed by atoms with Crippen LogP contribution in [0, 0.1) is 11.8 Å². The van der Waals surface area contributed by atoms with Crippen molar-refractivity contribution in [3.05, 3.63) is 12.2 Å². The molecule has 114 valence electrons. The smallest absolute Gasteiger partial charge is 0.225 e. The molecule has 1 aliphatic carbocycles. The second-order valence-electron chi connectivity index (χ2n) is 5.87. The highest BCUT2D eigenvalue weighted by atomic mass is 16.2. The van der Waals surface area contributed by atoms with Gasteiger partial charge in [-0.1, -0.05) is 0 Å². The molecule has 2 N–H and O–H groups in total. The second-order valence-corrected chi connectivity index (χ2v) is 5.87. The number of carbonyl (C=O) groups excluding carboxylic acids is 2. The molecule has 0 bridgehead atoms. The van der Waals surface area contributed by atoms with Gasteiger partial charge in [0, 0.05) is 32.0 Å². The Labute approximate surface area is 123 Å². The van der Waals surface area contributed by atoms with Crippen LogP contribution in [0.5, 0.6) is 0 Å². The Morgan fingerprint density at radius 3 is 2.90 bits per heavy atom. The van der Waals surface area contributed by atoms with E-state index in [1.165, 1.54) is 6.33 Å². The lowest BCUT2D eigenvalue weighted by Gasteiger charge is -2.32. The molecule has 0 aromatic carbocycles. The van der Waals surface area contributed by atoms with Gasteiger partial charge < -0.3 is 10.2 Å². The van der Waals surface area contributed by atoms with Crippen LogP contribution >= 0.6 is 0 Å². The number of nitrogens with zero attached hydrogens (tertiary/aromatic N) is 3. The standard InChI is InChI=1S/C14H21N5O2/c20-13(15-6-5-12-16-9-17-18-12)11-2-1-7-19(8-11)14(21)10-3-4-10/h9-11H,1-8H2,(H,15,20)(H,16,17,18). The molecule has 1 atom stereocenters. The normalized spacial score (nSPS) is 22.1. The third-order valence-corrected chi connectivity index (χ3v) is 4.16. The Hall–Kier alpha value is -1.92. The van der Waals surface area contributed by atoms with Gasteiger partial charge in [0.2, 0.25) is 11.8 Å². The van der Waals surface area contributed by atoms with Crippen molar-refractivity contribution in [3.63, 3.8) is 0 Å². The van der Waals surface area contributed by atoms with Gasteiger partial charge >= 0.3 is 0 Å². The minimum atomic E-state index is -0.0730. The number of H-pyrrole nitrogens is 1. The van der Waals surface area contributed by atoms with Crippen LogP contribution in [0.2, 0.25) is 0 Å². The molecule has 1 aromatic rings. The summed E-state index contributed by atoms with van der Waals surface area (Å²) in [6.45, 7) is 1.92. The average molecular weight is 291 g/mol. The van der Waals surface area contributed by atoms with Crippen LogP contribution in [0.15, 0.2) is 6.33 Å². The summed E-state index contributed by atoms with van der Waals surface area (Å²) in [6.07, 6.45) is 5.91. The molecule has 2 fully saturated rings. The summed E-state index contributed by atoms with van der Waals surface area (Å²) >= 11 is 0. The average Bonchev–Trinajstić information content (AvgIpc) is 3.24. The quantitative estimate of drug-likeness (QED) is 0.805. The van der Waals surface area contributed by atoms with E-state index in [4.69, 9.17) is 0 Å². The van der Waals surface area contributed by atoms with E-state index >= 15 is 0 Å². The molecular weight excluding hydrogens is 270 g/mol. The maximum atomic E-state index is 12.2. The van der Waals surface area contributed by atoms with E-state index in [1.807, 2.05) is 4.90 Å². The first kappa shape index (κ1) is 14.0. The summed E-state index contributed by atoms with van der Waals surface area (Å²) < 4.78 is 0. The number of amides is 2. The first-order valence-corrected chi connectivity index (χ1v) is 7.65. The summed E-state index contributed by atoms with van der Waals surface area (Å²) in [6, 6.07) is 0. The first-order valence-electron chi connectivity index (χ1n) is 7.65. The molecule has 1 saturated heterocycles. The van der Waals surface area contributed by atoms with Crippen molar-refractivity contribution in [1.29, 1.82) is 0 Å². The van der Waals surface area contributed by atoms with Crippen LogP contribution in [0.4, 0.5) is 0 Å². The molecule has 1 aliphatic heterocycles. The SMILES string of the molecule is O=C(NCCc1ncn[nH]1)C1CCCN(C(=O)C2CC2)C1. The van der Waals surface area contributed by atoms with Gasteiger partial charge in [0.25, 0.3) is 0 Å². The Balaban J connectivity index is 1.44. The Morgan fingerprint density at radius 2 is 2.19 bits per heavy atom. The highest BCUT2D eigenvalue weighted by Gasteiger charge is 2.36. The number of piperidine rings is 1. The molecule has 1 unspecified atom stereocenters. The van der Waals surface area contributed by atoms with Gasteiger partial charge in [-0.15, -0.1) is 0 Å². The zero-order valence-electron chi connectivity index (χ0n) is 12.0. The highest BCUT2D eigenvalue weighted by Crippen LogP contribution is 2.32. The minimum absolute atomic E-state index is 0.0443. The van der Waals surface area contributed by atoms with Crippen LogP contribution in [-0.2, 0) is 16.0 Å². The molecule has 1 aromatic heterocycles. The molecule has 0 spiro atoms. The summed E-state index contributed by atoms with van der Waals surface area (Å²) in [4.78, 5) is 30.2. The highest BCUT2D eigenvalue weighted by molar-refractivity contribution is 5.83. The van der Waals surface area contributed by atoms with Crippen LogP contribution in [0.3, 0.4) is 0 Å². The first-order chi connectivity index (χ1) is 10.2. The summed E-state index contributed by atoms with van der Waals surface area (Å²) in [7, 11) is 0. The Bertz CT molecular complexity index is 497. The van der Waals surface area contributed by atoms with Crippen LogP contribution in [-0.4, -0.2) is 51.5 Å². The molecule has 7 heteroatoms. The van der Waals surface area contributed by atoms with Crippen molar-refractivity contribution >= 4 is 11.8 Å². The molecular formula is C14H21N5O2. The van der Waals surface area contributed by atoms with Crippen molar-refractivity contribution in [1.82, 2.24) is 25.4 Å². The van der Waals surface area contributed by atoms with Crippen LogP contribution in [0.1, 0.15) is 31.5 Å². The zero-order chi connectivity index (χ0) is 14.7. The minimum Gasteiger partial charge on any atom is -0.355 e. The predicted octanol–water partition coefficient (Wildman–Crippen LogP) is 0.112. The molecule has 3 rings (SSSR count). The molecule has 2 aliphatic rings. The van der Waals surface area contributed by atoms with E-state index in [0.29, 0.717) is 19.5 Å². The van der Waals surface area contributed by atoms with Crippen molar-refractivity contribution in [2.75, 3.05) is 19.6 Å². The number of aromatic nitrogens is 3. The predicted molar refractivity (Wildman–Crippen MR) is 75.1 cm³/mol. The molecule has 2 heterocycles. The fourth-order valence-electron chi connectivity index (χ4n) is 2.78. The number of rotatable bonds is 5. The van der Waals surface area contributed by atoms with Gasteiger partial charge in [-0.2, -0.15) is 5.10 Å². The van der Waals surface area contributed by atoms with E-state index < -0.39 is 0 Å². The number of hydrogen-bond donors (Lipinski definition) is 2. The molecule has 1 saturated carbocycles. The monoisotopic (exact) mass is 291 g/mol. The van der Waals surface area contributed by atoms with Gasteiger partial charge in [-0.25, -0.2) is 4.98 Å². The third kappa shape index (κ3) is 3.59. The van der Waals surface area contributed by atoms with Crippen molar-refractivity contribution < 1.29 is 9.59 Å². The fourth-order valence-corrected chi connectivity index (χ4v) is 2.78.